The topological polar surface area (TPSA) is 72.4 Å². The molecule has 0 unspecified atom stereocenters. The van der Waals surface area contributed by atoms with E-state index in [0.29, 0.717) is 32.9 Å². The molecular weight excluding hydrogens is 387 g/mol. The predicted octanol–water partition coefficient (Wildman–Crippen LogP) is 4.61. The first-order chi connectivity index (χ1) is 13.1. The van der Waals surface area contributed by atoms with E-state index in [1.807, 2.05) is 12.1 Å². The first kappa shape index (κ1) is 18.8. The highest BCUT2D eigenvalue weighted by molar-refractivity contribution is 6.35. The van der Waals surface area contributed by atoms with E-state index >= 15 is 0 Å². The van der Waals surface area contributed by atoms with Gasteiger partial charge in [0.1, 0.15) is 24.0 Å². The molecule has 2 heterocycles. The number of hydrogen-bond acceptors (Lipinski definition) is 5. The van der Waals surface area contributed by atoms with Crippen molar-refractivity contribution in [1.82, 2.24) is 9.55 Å². The Labute approximate surface area is 166 Å². The van der Waals surface area contributed by atoms with Gasteiger partial charge in [0.05, 0.1) is 19.0 Å². The lowest BCUT2D eigenvalue weighted by atomic mass is 10.2. The third-order valence-corrected chi connectivity index (χ3v) is 4.31. The predicted molar refractivity (Wildman–Crippen MR) is 104 cm³/mol. The number of nitrogens with zero attached hydrogens (tertiary/aromatic N) is 4. The summed E-state index contributed by atoms with van der Waals surface area (Å²) in [7, 11) is 1.51. The van der Waals surface area contributed by atoms with Crippen molar-refractivity contribution < 1.29 is 9.57 Å². The van der Waals surface area contributed by atoms with Crippen molar-refractivity contribution in [2.75, 3.05) is 7.11 Å². The fraction of sp³-hybridized carbons (Fsp3) is 0.105. The molecule has 0 N–H and O–H groups in total. The van der Waals surface area contributed by atoms with Gasteiger partial charge < -0.3 is 9.57 Å². The van der Waals surface area contributed by atoms with E-state index in [1.54, 1.807) is 41.2 Å². The number of rotatable bonds is 6. The number of aromatic nitrogens is 2. The van der Waals surface area contributed by atoms with Gasteiger partial charge in [-0.1, -0.05) is 34.4 Å². The average molecular weight is 401 g/mol. The molecule has 0 saturated heterocycles. The van der Waals surface area contributed by atoms with Crippen molar-refractivity contribution >= 4 is 29.4 Å². The molecule has 0 aliphatic carbocycles. The second-order valence-corrected chi connectivity index (χ2v) is 6.21. The Morgan fingerprint density at radius 3 is 2.89 bits per heavy atom. The van der Waals surface area contributed by atoms with E-state index < -0.39 is 0 Å². The van der Waals surface area contributed by atoms with Crippen LogP contribution in [-0.2, 0) is 11.4 Å². The van der Waals surface area contributed by atoms with Gasteiger partial charge in [0.2, 0.25) is 0 Å². The van der Waals surface area contributed by atoms with Crippen molar-refractivity contribution in [1.29, 1.82) is 5.26 Å². The fourth-order valence-electron chi connectivity index (χ4n) is 2.42. The first-order valence-corrected chi connectivity index (χ1v) is 8.59. The summed E-state index contributed by atoms with van der Waals surface area (Å²) in [6.45, 7) is 0.202. The smallest absolute Gasteiger partial charge is 0.158 e. The van der Waals surface area contributed by atoms with E-state index in [-0.39, 0.29) is 6.61 Å². The molecule has 3 rings (SSSR count). The van der Waals surface area contributed by atoms with Crippen LogP contribution < -0.4 is 4.74 Å². The fourth-order valence-corrected chi connectivity index (χ4v) is 2.88. The molecule has 0 fully saturated rings. The lowest BCUT2D eigenvalue weighted by Gasteiger charge is -2.10. The van der Waals surface area contributed by atoms with Gasteiger partial charge in [-0.25, -0.2) is 4.98 Å². The molecule has 1 aromatic carbocycles. The minimum absolute atomic E-state index is 0.202. The third kappa shape index (κ3) is 4.22. The number of ether oxygens (including phenoxy) is 1. The number of methoxy groups -OCH3 is 1. The van der Waals surface area contributed by atoms with Gasteiger partial charge in [-0.3, -0.25) is 4.57 Å². The van der Waals surface area contributed by atoms with Gasteiger partial charge in [0, 0.05) is 28.0 Å². The molecule has 3 aromatic rings. The van der Waals surface area contributed by atoms with Crippen LogP contribution in [0.4, 0.5) is 0 Å². The molecule has 136 valence electrons. The maximum absolute atomic E-state index is 9.44. The van der Waals surface area contributed by atoms with Gasteiger partial charge in [0.25, 0.3) is 0 Å². The molecule has 0 spiro atoms. The Morgan fingerprint density at radius 2 is 2.15 bits per heavy atom. The standard InChI is InChI=1S/C19H14Cl2N4O2/c1-26-18-6-7-23-19(16(18)10-22)25-8-2-3-15(25)11-24-27-12-13-4-5-14(20)9-17(13)21/h2-9,11H,12H2,1H3/b24-11+. The maximum Gasteiger partial charge on any atom is 0.158 e. The Bertz CT molecular complexity index is 1020. The van der Waals surface area contributed by atoms with Gasteiger partial charge >= 0.3 is 0 Å². The zero-order chi connectivity index (χ0) is 19.2. The molecule has 0 aliphatic heterocycles. The number of nitriles is 1. The van der Waals surface area contributed by atoms with E-state index in [0.717, 1.165) is 5.56 Å². The number of halogens is 2. The summed E-state index contributed by atoms with van der Waals surface area (Å²) in [6, 6.07) is 12.6. The summed E-state index contributed by atoms with van der Waals surface area (Å²) >= 11 is 12.0. The number of pyridine rings is 1. The summed E-state index contributed by atoms with van der Waals surface area (Å²) in [4.78, 5) is 9.61. The Morgan fingerprint density at radius 1 is 1.30 bits per heavy atom. The highest BCUT2D eigenvalue weighted by Gasteiger charge is 2.13. The Kier molecular flexibility index (Phi) is 5.97. The molecular formula is C19H14Cl2N4O2. The van der Waals surface area contributed by atoms with Gasteiger partial charge in [-0.15, -0.1) is 0 Å². The largest absolute Gasteiger partial charge is 0.495 e. The van der Waals surface area contributed by atoms with E-state index in [1.165, 1.54) is 13.3 Å². The SMILES string of the molecule is COc1ccnc(-n2cccc2/C=N/OCc2ccc(Cl)cc2Cl)c1C#N. The third-order valence-electron chi connectivity index (χ3n) is 3.73. The van der Waals surface area contributed by atoms with E-state index in [2.05, 4.69) is 16.2 Å². The molecule has 8 heteroatoms. The van der Waals surface area contributed by atoms with Crippen LogP contribution in [0.2, 0.25) is 10.0 Å². The molecule has 6 nitrogen and oxygen atoms in total. The normalized spacial score (nSPS) is 10.7. The minimum Gasteiger partial charge on any atom is -0.495 e. The van der Waals surface area contributed by atoms with Gasteiger partial charge in [0.15, 0.2) is 5.82 Å². The van der Waals surface area contributed by atoms with Crippen LogP contribution in [0.25, 0.3) is 5.82 Å². The summed E-state index contributed by atoms with van der Waals surface area (Å²) in [5.74, 6) is 0.900. The lowest BCUT2D eigenvalue weighted by Crippen LogP contribution is -2.05. The average Bonchev–Trinajstić information content (AvgIpc) is 3.14. The lowest BCUT2D eigenvalue weighted by molar-refractivity contribution is 0.132. The molecule has 0 amide bonds. The molecule has 0 atom stereocenters. The molecule has 0 bridgehead atoms. The van der Waals surface area contributed by atoms with Crippen LogP contribution in [0.5, 0.6) is 5.75 Å². The second-order valence-electron chi connectivity index (χ2n) is 5.37. The van der Waals surface area contributed by atoms with Crippen LogP contribution in [0.15, 0.2) is 53.9 Å². The number of benzene rings is 1. The van der Waals surface area contributed by atoms with Gasteiger partial charge in [-0.05, 0) is 30.3 Å². The highest BCUT2D eigenvalue weighted by atomic mass is 35.5. The Balaban J connectivity index is 1.78. The molecule has 27 heavy (non-hydrogen) atoms. The minimum atomic E-state index is 0.202. The van der Waals surface area contributed by atoms with Crippen LogP contribution in [0, 0.1) is 11.3 Å². The van der Waals surface area contributed by atoms with Crippen molar-refractivity contribution in [2.45, 2.75) is 6.61 Å². The second kappa shape index (κ2) is 8.58. The maximum atomic E-state index is 9.44. The highest BCUT2D eigenvalue weighted by Crippen LogP contribution is 2.24. The summed E-state index contributed by atoms with van der Waals surface area (Å²) in [5, 5.41) is 14.5. The van der Waals surface area contributed by atoms with Crippen LogP contribution in [0.3, 0.4) is 0 Å². The van der Waals surface area contributed by atoms with Crippen LogP contribution in [0.1, 0.15) is 16.8 Å². The molecule has 0 saturated carbocycles. The van der Waals surface area contributed by atoms with Crippen LogP contribution >= 0.6 is 23.2 Å². The quantitative estimate of drug-likeness (QED) is 0.447. The van der Waals surface area contributed by atoms with E-state index in [9.17, 15) is 5.26 Å². The molecule has 2 aromatic heterocycles. The zero-order valence-electron chi connectivity index (χ0n) is 14.3. The summed E-state index contributed by atoms with van der Waals surface area (Å²) in [5.41, 5.74) is 1.80. The van der Waals surface area contributed by atoms with Gasteiger partial charge in [-0.2, -0.15) is 5.26 Å². The van der Waals surface area contributed by atoms with Crippen molar-refractivity contribution in [3.63, 3.8) is 0 Å². The number of oxime groups is 1. The Hall–Kier alpha value is -3.01. The van der Waals surface area contributed by atoms with Crippen molar-refractivity contribution in [3.8, 4) is 17.6 Å². The van der Waals surface area contributed by atoms with E-state index in [4.69, 9.17) is 32.8 Å². The summed E-state index contributed by atoms with van der Waals surface area (Å²) in [6.07, 6.45) is 4.89. The number of hydrogen-bond donors (Lipinski definition) is 0. The van der Waals surface area contributed by atoms with Crippen molar-refractivity contribution in [2.24, 2.45) is 5.16 Å². The summed E-state index contributed by atoms with van der Waals surface area (Å²) < 4.78 is 6.95. The monoisotopic (exact) mass is 400 g/mol. The zero-order valence-corrected chi connectivity index (χ0v) is 15.8. The molecule has 0 radical (unpaired) electrons. The first-order valence-electron chi connectivity index (χ1n) is 7.84. The van der Waals surface area contributed by atoms with Crippen molar-refractivity contribution in [3.05, 3.63) is 75.7 Å². The van der Waals surface area contributed by atoms with Crippen LogP contribution in [-0.4, -0.2) is 22.9 Å². The molecule has 0 aliphatic rings.